The summed E-state index contributed by atoms with van der Waals surface area (Å²) in [6.07, 6.45) is 1.87. The van der Waals surface area contributed by atoms with Crippen molar-refractivity contribution in [2.45, 2.75) is 38.4 Å². The Labute approximate surface area is 66.6 Å². The molecule has 58 valence electrons. The Morgan fingerprint density at radius 2 is 2.40 bits per heavy atom. The lowest BCUT2D eigenvalue weighted by molar-refractivity contribution is -0.111. The van der Waals surface area contributed by atoms with Crippen molar-refractivity contribution in [1.29, 1.82) is 0 Å². The predicted octanol–water partition coefficient (Wildman–Crippen LogP) is 2.45. The third kappa shape index (κ3) is 1.22. The zero-order chi connectivity index (χ0) is 7.78. The molecule has 0 amide bonds. The molecule has 1 fully saturated rings. The lowest BCUT2D eigenvalue weighted by atomic mass is 9.91. The van der Waals surface area contributed by atoms with Crippen LogP contribution in [0, 0.1) is 5.92 Å². The van der Waals surface area contributed by atoms with Gasteiger partial charge >= 0.3 is 0 Å². The quantitative estimate of drug-likeness (QED) is 0.583. The molecule has 0 N–H and O–H groups in total. The van der Waals surface area contributed by atoms with E-state index in [1.165, 1.54) is 11.8 Å². The molecule has 0 spiro atoms. The van der Waals surface area contributed by atoms with Crippen LogP contribution in [0.25, 0.3) is 0 Å². The Morgan fingerprint density at radius 3 is 2.60 bits per heavy atom. The monoisotopic (exact) mass is 158 g/mol. The first kappa shape index (κ1) is 8.12. The van der Waals surface area contributed by atoms with E-state index in [4.69, 9.17) is 0 Å². The highest BCUT2D eigenvalue weighted by molar-refractivity contribution is 8.15. The Bertz CT molecular complexity index is 155. The molecule has 0 saturated carbocycles. The first-order valence-corrected chi connectivity index (χ1v) is 4.62. The van der Waals surface area contributed by atoms with Crippen molar-refractivity contribution in [3.8, 4) is 0 Å². The fourth-order valence-corrected chi connectivity index (χ4v) is 2.57. The van der Waals surface area contributed by atoms with Crippen molar-refractivity contribution >= 4 is 16.9 Å². The van der Waals surface area contributed by atoms with E-state index in [-0.39, 0.29) is 4.75 Å². The molecule has 0 bridgehead atoms. The summed E-state index contributed by atoms with van der Waals surface area (Å²) in [5.41, 5.74) is 0. The fourth-order valence-electron chi connectivity index (χ4n) is 1.29. The van der Waals surface area contributed by atoms with Gasteiger partial charge in [-0.3, -0.25) is 4.79 Å². The van der Waals surface area contributed by atoms with Gasteiger partial charge in [0.25, 0.3) is 0 Å². The van der Waals surface area contributed by atoms with E-state index in [2.05, 4.69) is 20.8 Å². The molecule has 2 atom stereocenters. The molecule has 0 radical (unpaired) electrons. The highest BCUT2D eigenvalue weighted by atomic mass is 32.2. The average Bonchev–Trinajstić information content (AvgIpc) is 2.09. The van der Waals surface area contributed by atoms with Gasteiger partial charge in [0.05, 0.1) is 0 Å². The number of hydrogen-bond acceptors (Lipinski definition) is 2. The standard InChI is InChI=1S/C8H14OS/c1-4-8(3)6(2)5-7(9)10-8/h6H,4-5H2,1-3H3. The maximum Gasteiger partial charge on any atom is 0.189 e. The Balaban J connectivity index is 2.70. The third-order valence-corrected chi connectivity index (χ3v) is 4.12. The van der Waals surface area contributed by atoms with Gasteiger partial charge in [0.1, 0.15) is 0 Å². The van der Waals surface area contributed by atoms with Crippen LogP contribution in [0.3, 0.4) is 0 Å². The van der Waals surface area contributed by atoms with Gasteiger partial charge in [-0.1, -0.05) is 25.6 Å². The highest BCUT2D eigenvalue weighted by Crippen LogP contribution is 2.45. The molecular formula is C8H14OS. The molecule has 1 heterocycles. The van der Waals surface area contributed by atoms with E-state index in [0.717, 1.165) is 12.8 Å². The van der Waals surface area contributed by atoms with Gasteiger partial charge in [0.2, 0.25) is 0 Å². The summed E-state index contributed by atoms with van der Waals surface area (Å²) in [7, 11) is 0. The zero-order valence-electron chi connectivity index (χ0n) is 6.81. The van der Waals surface area contributed by atoms with Gasteiger partial charge < -0.3 is 0 Å². The topological polar surface area (TPSA) is 17.1 Å². The van der Waals surface area contributed by atoms with Gasteiger partial charge in [-0.05, 0) is 19.3 Å². The molecule has 2 unspecified atom stereocenters. The van der Waals surface area contributed by atoms with E-state index >= 15 is 0 Å². The van der Waals surface area contributed by atoms with Gasteiger partial charge in [-0.2, -0.15) is 0 Å². The second-order valence-electron chi connectivity index (χ2n) is 3.25. The minimum Gasteiger partial charge on any atom is -0.287 e. The number of rotatable bonds is 1. The number of thioether (sulfide) groups is 1. The van der Waals surface area contributed by atoms with Crippen LogP contribution in [0.5, 0.6) is 0 Å². The van der Waals surface area contributed by atoms with Crippen LogP contribution in [-0.2, 0) is 4.79 Å². The molecular weight excluding hydrogens is 144 g/mol. The van der Waals surface area contributed by atoms with Crippen molar-refractivity contribution in [2.75, 3.05) is 0 Å². The predicted molar refractivity (Wildman–Crippen MR) is 45.1 cm³/mol. The first-order chi connectivity index (χ1) is 4.58. The van der Waals surface area contributed by atoms with E-state index < -0.39 is 0 Å². The molecule has 1 saturated heterocycles. The molecule has 2 heteroatoms. The fraction of sp³-hybridized carbons (Fsp3) is 0.875. The number of carbonyl (C=O) groups is 1. The Hall–Kier alpha value is 0.0200. The lowest BCUT2D eigenvalue weighted by Gasteiger charge is -2.24. The molecule has 1 aliphatic rings. The van der Waals surface area contributed by atoms with Gasteiger partial charge in [-0.15, -0.1) is 0 Å². The van der Waals surface area contributed by atoms with Crippen LogP contribution in [0.15, 0.2) is 0 Å². The minimum absolute atomic E-state index is 0.233. The van der Waals surface area contributed by atoms with Gasteiger partial charge in [-0.25, -0.2) is 0 Å². The van der Waals surface area contributed by atoms with Crippen molar-refractivity contribution in [2.24, 2.45) is 5.92 Å². The molecule has 0 aromatic carbocycles. The Morgan fingerprint density at radius 1 is 1.80 bits per heavy atom. The second-order valence-corrected chi connectivity index (χ2v) is 4.84. The van der Waals surface area contributed by atoms with E-state index in [9.17, 15) is 4.79 Å². The summed E-state index contributed by atoms with van der Waals surface area (Å²) in [5, 5.41) is 0.372. The van der Waals surface area contributed by atoms with Crippen molar-refractivity contribution in [3.63, 3.8) is 0 Å². The molecule has 1 aliphatic heterocycles. The lowest BCUT2D eigenvalue weighted by Crippen LogP contribution is -2.22. The smallest absolute Gasteiger partial charge is 0.189 e. The molecule has 0 aromatic heterocycles. The van der Waals surface area contributed by atoms with Crippen molar-refractivity contribution < 1.29 is 4.79 Å². The average molecular weight is 158 g/mol. The van der Waals surface area contributed by atoms with Crippen molar-refractivity contribution in [3.05, 3.63) is 0 Å². The largest absolute Gasteiger partial charge is 0.287 e. The van der Waals surface area contributed by atoms with Crippen LogP contribution < -0.4 is 0 Å². The molecule has 10 heavy (non-hydrogen) atoms. The van der Waals surface area contributed by atoms with Crippen LogP contribution in [0.4, 0.5) is 0 Å². The number of carbonyl (C=O) groups excluding carboxylic acids is 1. The van der Waals surface area contributed by atoms with Crippen LogP contribution in [0.2, 0.25) is 0 Å². The first-order valence-electron chi connectivity index (χ1n) is 3.80. The van der Waals surface area contributed by atoms with Gasteiger partial charge in [0.15, 0.2) is 5.12 Å². The van der Waals surface area contributed by atoms with E-state index in [1.807, 2.05) is 0 Å². The van der Waals surface area contributed by atoms with E-state index in [0.29, 0.717) is 11.0 Å². The summed E-state index contributed by atoms with van der Waals surface area (Å²) in [5.74, 6) is 0.565. The highest BCUT2D eigenvalue weighted by Gasteiger charge is 2.39. The van der Waals surface area contributed by atoms with Crippen LogP contribution in [0.1, 0.15) is 33.6 Å². The van der Waals surface area contributed by atoms with Crippen LogP contribution in [-0.4, -0.2) is 9.86 Å². The van der Waals surface area contributed by atoms with Crippen LogP contribution >= 0.6 is 11.8 Å². The molecule has 0 aromatic rings. The number of hydrogen-bond donors (Lipinski definition) is 0. The third-order valence-electron chi connectivity index (χ3n) is 2.56. The maximum atomic E-state index is 11.0. The summed E-state index contributed by atoms with van der Waals surface area (Å²) < 4.78 is 0.233. The summed E-state index contributed by atoms with van der Waals surface area (Å²) in [6, 6.07) is 0. The second kappa shape index (κ2) is 2.57. The maximum absolute atomic E-state index is 11.0. The minimum atomic E-state index is 0.233. The SMILES string of the molecule is CCC1(C)SC(=O)CC1C. The molecule has 1 rings (SSSR count). The van der Waals surface area contributed by atoms with E-state index in [1.54, 1.807) is 0 Å². The molecule has 1 nitrogen and oxygen atoms in total. The molecule has 0 aliphatic carbocycles. The summed E-state index contributed by atoms with van der Waals surface area (Å²) in [4.78, 5) is 11.0. The van der Waals surface area contributed by atoms with Crippen molar-refractivity contribution in [1.82, 2.24) is 0 Å². The summed E-state index contributed by atoms with van der Waals surface area (Å²) in [6.45, 7) is 6.51. The summed E-state index contributed by atoms with van der Waals surface area (Å²) >= 11 is 1.54. The zero-order valence-corrected chi connectivity index (χ0v) is 7.62. The van der Waals surface area contributed by atoms with Gasteiger partial charge in [0, 0.05) is 11.2 Å². The Kier molecular flexibility index (Phi) is 2.09. The normalized spacial score (nSPS) is 40.7.